The van der Waals surface area contributed by atoms with Crippen LogP contribution in [0.15, 0.2) is 42.5 Å². The summed E-state index contributed by atoms with van der Waals surface area (Å²) in [5.41, 5.74) is 1.87. The van der Waals surface area contributed by atoms with Gasteiger partial charge in [0.2, 0.25) is 0 Å². The van der Waals surface area contributed by atoms with Crippen LogP contribution in [0.2, 0.25) is 0 Å². The van der Waals surface area contributed by atoms with Gasteiger partial charge in [0, 0.05) is 0 Å². The number of hydrogen-bond donors (Lipinski definition) is 0. The van der Waals surface area contributed by atoms with Crippen LogP contribution < -0.4 is 4.74 Å². The number of aryl methyl sites for hydroxylation is 1. The molecule has 0 atom stereocenters. The quantitative estimate of drug-likeness (QED) is 0.765. The van der Waals surface area contributed by atoms with Gasteiger partial charge in [-0.05, 0) is 68.9 Å². The molecule has 0 saturated carbocycles. The van der Waals surface area contributed by atoms with Gasteiger partial charge in [0.1, 0.15) is 12.4 Å². The van der Waals surface area contributed by atoms with Crippen molar-refractivity contribution in [1.29, 1.82) is 0 Å². The molecule has 0 aliphatic carbocycles. The Morgan fingerprint density at radius 3 is 2.23 bits per heavy atom. The Balaban J connectivity index is 1.84. The van der Waals surface area contributed by atoms with E-state index in [-0.39, 0.29) is 6.61 Å². The zero-order valence-corrected chi connectivity index (χ0v) is 13.0. The topological polar surface area (TPSA) is 12.5 Å². The largest absolute Gasteiger partial charge is 0.489 e. The predicted octanol–water partition coefficient (Wildman–Crippen LogP) is 4.04. The van der Waals surface area contributed by atoms with Gasteiger partial charge in [0.25, 0.3) is 0 Å². The molecule has 2 aromatic carbocycles. The Hall–Kier alpha value is -1.94. The lowest BCUT2D eigenvalue weighted by Crippen LogP contribution is -2.13. The van der Waals surface area contributed by atoms with Gasteiger partial charge in [-0.3, -0.25) is 0 Å². The van der Waals surface area contributed by atoms with E-state index in [0.29, 0.717) is 5.56 Å². The van der Waals surface area contributed by atoms with E-state index in [1.807, 2.05) is 24.3 Å². The first-order chi connectivity index (χ1) is 10.5. The van der Waals surface area contributed by atoms with Gasteiger partial charge < -0.3 is 9.64 Å². The first-order valence-corrected chi connectivity index (χ1v) is 7.35. The van der Waals surface area contributed by atoms with E-state index in [0.717, 1.165) is 37.3 Å². The molecule has 0 aliphatic rings. The second kappa shape index (κ2) is 7.90. The summed E-state index contributed by atoms with van der Waals surface area (Å²) in [6.07, 6.45) is 2.14. The number of ether oxygens (including phenoxy) is 1. The third-order valence-corrected chi connectivity index (χ3v) is 3.38. The monoisotopic (exact) mass is 305 g/mol. The van der Waals surface area contributed by atoms with Crippen molar-refractivity contribution in [3.8, 4) is 5.75 Å². The van der Waals surface area contributed by atoms with Crippen LogP contribution in [0.1, 0.15) is 17.5 Å². The highest BCUT2D eigenvalue weighted by molar-refractivity contribution is 5.28. The predicted molar refractivity (Wildman–Crippen MR) is 84.0 cm³/mol. The minimum Gasteiger partial charge on any atom is -0.489 e. The van der Waals surface area contributed by atoms with Crippen molar-refractivity contribution in [3.63, 3.8) is 0 Å². The fourth-order valence-corrected chi connectivity index (χ4v) is 2.15. The summed E-state index contributed by atoms with van der Waals surface area (Å²) in [6, 6.07) is 11.7. The zero-order chi connectivity index (χ0) is 15.9. The summed E-state index contributed by atoms with van der Waals surface area (Å²) >= 11 is 0. The summed E-state index contributed by atoms with van der Waals surface area (Å²) in [5, 5.41) is 0. The molecule has 0 saturated heterocycles. The second-order valence-corrected chi connectivity index (χ2v) is 5.59. The van der Waals surface area contributed by atoms with E-state index in [1.54, 1.807) is 0 Å². The summed E-state index contributed by atoms with van der Waals surface area (Å²) in [4.78, 5) is 2.17. The van der Waals surface area contributed by atoms with Crippen LogP contribution in [0.5, 0.6) is 5.75 Å². The summed E-state index contributed by atoms with van der Waals surface area (Å²) in [6.45, 7) is 1.28. The molecule has 4 heteroatoms. The Bertz CT molecular complexity index is 597. The highest BCUT2D eigenvalue weighted by Crippen LogP contribution is 2.16. The van der Waals surface area contributed by atoms with E-state index < -0.39 is 11.6 Å². The van der Waals surface area contributed by atoms with Crippen molar-refractivity contribution in [1.82, 2.24) is 4.90 Å². The van der Waals surface area contributed by atoms with Crippen LogP contribution in [0.4, 0.5) is 8.78 Å². The maximum Gasteiger partial charge on any atom is 0.159 e. The van der Waals surface area contributed by atoms with Crippen LogP contribution in [-0.4, -0.2) is 25.5 Å². The van der Waals surface area contributed by atoms with Gasteiger partial charge in [-0.2, -0.15) is 0 Å². The molecule has 0 aliphatic heterocycles. The molecule has 2 rings (SSSR count). The van der Waals surface area contributed by atoms with E-state index in [2.05, 4.69) is 19.0 Å². The fourth-order valence-electron chi connectivity index (χ4n) is 2.15. The van der Waals surface area contributed by atoms with Crippen molar-refractivity contribution in [3.05, 3.63) is 65.2 Å². The maximum absolute atomic E-state index is 13.1. The summed E-state index contributed by atoms with van der Waals surface area (Å²) in [5.74, 6) is -0.968. The number of hydrogen-bond acceptors (Lipinski definition) is 2. The Morgan fingerprint density at radius 1 is 0.909 bits per heavy atom. The highest BCUT2D eigenvalue weighted by atomic mass is 19.2. The smallest absolute Gasteiger partial charge is 0.159 e. The molecule has 0 aromatic heterocycles. The molecule has 22 heavy (non-hydrogen) atoms. The normalized spacial score (nSPS) is 11.0. The molecular formula is C18H21F2NO. The molecule has 0 fully saturated rings. The number of nitrogens with zero attached hydrogens (tertiary/aromatic N) is 1. The van der Waals surface area contributed by atoms with E-state index in [1.165, 1.54) is 11.6 Å². The average molecular weight is 305 g/mol. The van der Waals surface area contributed by atoms with Crippen LogP contribution in [0.25, 0.3) is 0 Å². The summed E-state index contributed by atoms with van der Waals surface area (Å²) < 4.78 is 31.5. The zero-order valence-electron chi connectivity index (χ0n) is 13.0. The fraction of sp³-hybridized carbons (Fsp3) is 0.333. The van der Waals surface area contributed by atoms with Crippen molar-refractivity contribution < 1.29 is 13.5 Å². The lowest BCUT2D eigenvalue weighted by Gasteiger charge is -2.10. The van der Waals surface area contributed by atoms with Crippen molar-refractivity contribution >= 4 is 0 Å². The molecule has 2 aromatic rings. The van der Waals surface area contributed by atoms with Gasteiger partial charge in [0.05, 0.1) is 0 Å². The van der Waals surface area contributed by atoms with Gasteiger partial charge in [0.15, 0.2) is 11.6 Å². The van der Waals surface area contributed by atoms with E-state index in [9.17, 15) is 8.78 Å². The number of benzene rings is 2. The average Bonchev–Trinajstić information content (AvgIpc) is 2.49. The van der Waals surface area contributed by atoms with Crippen molar-refractivity contribution in [2.24, 2.45) is 0 Å². The minimum absolute atomic E-state index is 0.219. The molecule has 0 radical (unpaired) electrons. The van der Waals surface area contributed by atoms with Gasteiger partial charge in [-0.25, -0.2) is 8.78 Å². The van der Waals surface area contributed by atoms with E-state index >= 15 is 0 Å². The Morgan fingerprint density at radius 2 is 1.59 bits per heavy atom. The standard InChI is InChI=1S/C18H21F2NO/c1-21(2)11-3-4-14-5-8-16(9-6-14)22-13-15-7-10-17(19)18(20)12-15/h5-10,12H,3-4,11,13H2,1-2H3. The van der Waals surface area contributed by atoms with Crippen LogP contribution in [0, 0.1) is 11.6 Å². The van der Waals surface area contributed by atoms with Gasteiger partial charge >= 0.3 is 0 Å². The molecule has 0 spiro atoms. The van der Waals surface area contributed by atoms with Gasteiger partial charge in [-0.15, -0.1) is 0 Å². The second-order valence-electron chi connectivity index (χ2n) is 5.59. The van der Waals surface area contributed by atoms with Crippen molar-refractivity contribution in [2.75, 3.05) is 20.6 Å². The van der Waals surface area contributed by atoms with Crippen LogP contribution in [-0.2, 0) is 13.0 Å². The Labute approximate surface area is 130 Å². The lowest BCUT2D eigenvalue weighted by molar-refractivity contribution is 0.305. The molecule has 0 heterocycles. The van der Waals surface area contributed by atoms with Crippen LogP contribution in [0.3, 0.4) is 0 Å². The highest BCUT2D eigenvalue weighted by Gasteiger charge is 2.03. The maximum atomic E-state index is 13.1. The molecule has 0 N–H and O–H groups in total. The number of rotatable bonds is 7. The molecule has 2 nitrogen and oxygen atoms in total. The molecule has 0 amide bonds. The lowest BCUT2D eigenvalue weighted by atomic mass is 10.1. The van der Waals surface area contributed by atoms with Crippen LogP contribution >= 0.6 is 0 Å². The number of halogens is 2. The minimum atomic E-state index is -0.850. The van der Waals surface area contributed by atoms with Crippen molar-refractivity contribution in [2.45, 2.75) is 19.4 Å². The SMILES string of the molecule is CN(C)CCCc1ccc(OCc2ccc(F)c(F)c2)cc1. The van der Waals surface area contributed by atoms with Gasteiger partial charge in [-0.1, -0.05) is 18.2 Å². The Kier molecular flexibility index (Phi) is 5.90. The summed E-state index contributed by atoms with van der Waals surface area (Å²) in [7, 11) is 4.13. The molecular weight excluding hydrogens is 284 g/mol. The molecule has 118 valence electrons. The first kappa shape index (κ1) is 16.4. The van der Waals surface area contributed by atoms with E-state index in [4.69, 9.17) is 4.74 Å². The third-order valence-electron chi connectivity index (χ3n) is 3.38. The third kappa shape index (κ3) is 5.11. The first-order valence-electron chi connectivity index (χ1n) is 7.35. The molecule has 0 bridgehead atoms. The molecule has 0 unspecified atom stereocenters.